The van der Waals surface area contributed by atoms with Gasteiger partial charge in [0, 0.05) is 75.1 Å². The van der Waals surface area contributed by atoms with Crippen LogP contribution in [0.15, 0.2) is 48.9 Å². The Bertz CT molecular complexity index is 1730. The van der Waals surface area contributed by atoms with Gasteiger partial charge >= 0.3 is 13.1 Å². The summed E-state index contributed by atoms with van der Waals surface area (Å²) in [6.07, 6.45) is 5.51. The number of aromatic nitrogens is 2. The number of benzene rings is 1. The number of nitrogens with zero attached hydrogens (tertiary/aromatic N) is 2. The third-order valence-electron chi connectivity index (χ3n) is 10.3. The molecule has 0 radical (unpaired) electrons. The van der Waals surface area contributed by atoms with Gasteiger partial charge in [-0.1, -0.05) is 65.0 Å². The number of aliphatic carboxylic acids is 1. The number of hydrogen-bond donors (Lipinski definition) is 4. The van der Waals surface area contributed by atoms with E-state index in [1.807, 2.05) is 51.1 Å². The van der Waals surface area contributed by atoms with E-state index < -0.39 is 78.4 Å². The number of Topliss-reactive ketones (excluding diaryl/α,β-unsaturated/α-hetero) is 3. The van der Waals surface area contributed by atoms with Gasteiger partial charge in [-0.15, -0.1) is 0 Å². The fourth-order valence-corrected chi connectivity index (χ4v) is 7.39. The maximum atomic E-state index is 13.9. The van der Waals surface area contributed by atoms with Crippen molar-refractivity contribution in [2.75, 3.05) is 26.4 Å². The highest BCUT2D eigenvalue weighted by Crippen LogP contribution is 2.34. The van der Waals surface area contributed by atoms with Crippen molar-refractivity contribution in [2.45, 2.75) is 124 Å². The number of ether oxygens (including phenoxy) is 1. The molecule has 1 saturated heterocycles. The minimum Gasteiger partial charge on any atom is -0.481 e. The summed E-state index contributed by atoms with van der Waals surface area (Å²) in [6, 6.07) is 8.31. The number of carbonyl (C=O) groups excluding carboxylic acids is 6. The second-order valence-corrected chi connectivity index (χ2v) is 16.9. The standard InChI is InChI=1S/C44H64BN5O11/c1-7-18-59-19-12-11-15-37(52)33(25-44(5,6)41(56)32(21-30(4)51)24-40(54)55)23-39(53)48-26-34-28-60-45(61-34)38(20-29(2)3)50-42(57)35(22-31-13-9-8-10-14-31)49-43(58)36-27-46-16-17-47-36/h8-10,13-14,16-17,27,29,32-35,38H,7,11-12,15,18-26,28H2,1-6H3,(H,48,53)(H,49,58)(H,50,57)(H,54,55). The predicted octanol–water partition coefficient (Wildman–Crippen LogP) is 4.14. The molecule has 3 rings (SSSR count). The molecule has 1 aliphatic rings. The minimum absolute atomic E-state index is 0.00932. The van der Waals surface area contributed by atoms with E-state index in [9.17, 15) is 38.7 Å². The van der Waals surface area contributed by atoms with Crippen LogP contribution in [-0.2, 0) is 49.2 Å². The lowest BCUT2D eigenvalue weighted by molar-refractivity contribution is -0.144. The van der Waals surface area contributed by atoms with Crippen LogP contribution in [0.1, 0.15) is 115 Å². The first-order chi connectivity index (χ1) is 29.0. The van der Waals surface area contributed by atoms with Crippen molar-refractivity contribution in [2.24, 2.45) is 23.2 Å². The highest BCUT2D eigenvalue weighted by Gasteiger charge is 2.42. The molecule has 1 aromatic carbocycles. The number of carboxylic acids is 1. The predicted molar refractivity (Wildman–Crippen MR) is 227 cm³/mol. The molecule has 61 heavy (non-hydrogen) atoms. The summed E-state index contributed by atoms with van der Waals surface area (Å²) in [4.78, 5) is 99.3. The van der Waals surface area contributed by atoms with E-state index in [4.69, 9.17) is 14.0 Å². The molecule has 3 amide bonds. The zero-order chi connectivity index (χ0) is 45.0. The second kappa shape index (κ2) is 25.8. The first-order valence-corrected chi connectivity index (χ1v) is 21.3. The zero-order valence-corrected chi connectivity index (χ0v) is 36.5. The van der Waals surface area contributed by atoms with E-state index in [1.165, 1.54) is 25.5 Å². The Labute approximate surface area is 359 Å². The van der Waals surface area contributed by atoms with E-state index in [-0.39, 0.29) is 68.4 Å². The zero-order valence-electron chi connectivity index (χ0n) is 36.5. The highest BCUT2D eigenvalue weighted by atomic mass is 16.6. The van der Waals surface area contributed by atoms with Gasteiger partial charge in [-0.2, -0.15) is 0 Å². The Kier molecular flexibility index (Phi) is 21.4. The Morgan fingerprint density at radius 2 is 1.70 bits per heavy atom. The Morgan fingerprint density at radius 3 is 2.34 bits per heavy atom. The van der Waals surface area contributed by atoms with Crippen LogP contribution < -0.4 is 16.0 Å². The molecule has 1 aliphatic heterocycles. The van der Waals surface area contributed by atoms with Gasteiger partial charge in [0.05, 0.1) is 31.3 Å². The number of ketones is 3. The summed E-state index contributed by atoms with van der Waals surface area (Å²) in [5.74, 6) is -6.01. The van der Waals surface area contributed by atoms with Crippen LogP contribution in [0.3, 0.4) is 0 Å². The number of hydrogen-bond acceptors (Lipinski definition) is 12. The topological polar surface area (TPSA) is 229 Å². The highest BCUT2D eigenvalue weighted by molar-refractivity contribution is 6.47. The largest absolute Gasteiger partial charge is 0.481 e. The van der Waals surface area contributed by atoms with Crippen molar-refractivity contribution >= 4 is 48.2 Å². The maximum absolute atomic E-state index is 13.9. The van der Waals surface area contributed by atoms with E-state index >= 15 is 0 Å². The fourth-order valence-electron chi connectivity index (χ4n) is 7.39. The molecule has 0 aliphatic carbocycles. The molecule has 1 fully saturated rings. The van der Waals surface area contributed by atoms with Crippen LogP contribution in [0, 0.1) is 23.2 Å². The van der Waals surface area contributed by atoms with E-state index in [0.717, 1.165) is 12.0 Å². The summed E-state index contributed by atoms with van der Waals surface area (Å²) >= 11 is 0. The van der Waals surface area contributed by atoms with E-state index in [0.29, 0.717) is 32.5 Å². The third kappa shape index (κ3) is 18.3. The molecule has 5 atom stereocenters. The van der Waals surface area contributed by atoms with Gasteiger partial charge in [0.1, 0.15) is 29.1 Å². The molecule has 4 N–H and O–H groups in total. The lowest BCUT2D eigenvalue weighted by Crippen LogP contribution is -2.55. The van der Waals surface area contributed by atoms with Gasteiger partial charge in [0.25, 0.3) is 5.91 Å². The lowest BCUT2D eigenvalue weighted by Gasteiger charge is -2.31. The number of carbonyl (C=O) groups is 7. The lowest BCUT2D eigenvalue weighted by atomic mass is 9.71. The van der Waals surface area contributed by atoms with Gasteiger partial charge in [-0.3, -0.25) is 33.8 Å². The Hall–Kier alpha value is -4.87. The van der Waals surface area contributed by atoms with Crippen molar-refractivity contribution in [3.63, 3.8) is 0 Å². The molecule has 2 aromatic rings. The SMILES string of the molecule is CCCOCCCCC(=O)C(CC(=O)NCC1COB(C(CC(C)C)NC(=O)C(Cc2ccccc2)NC(=O)c2cnccn2)O1)CC(C)(C)C(=O)C(CC(C)=O)CC(=O)O. The van der Waals surface area contributed by atoms with Crippen molar-refractivity contribution in [1.82, 2.24) is 25.9 Å². The van der Waals surface area contributed by atoms with Crippen LogP contribution in [0.4, 0.5) is 0 Å². The average Bonchev–Trinajstić information content (AvgIpc) is 3.69. The summed E-state index contributed by atoms with van der Waals surface area (Å²) in [5, 5.41) is 18.1. The monoisotopic (exact) mass is 849 g/mol. The summed E-state index contributed by atoms with van der Waals surface area (Å²) < 4.78 is 17.8. The summed E-state index contributed by atoms with van der Waals surface area (Å²) in [5.41, 5.74) is -0.308. The maximum Gasteiger partial charge on any atom is 0.481 e. The van der Waals surface area contributed by atoms with Gasteiger partial charge in [0.2, 0.25) is 11.8 Å². The van der Waals surface area contributed by atoms with Crippen LogP contribution >= 0.6 is 0 Å². The Balaban J connectivity index is 1.68. The molecule has 16 nitrogen and oxygen atoms in total. The molecule has 334 valence electrons. The number of carboxylic acid groups (broad SMARTS) is 1. The van der Waals surface area contributed by atoms with E-state index in [2.05, 4.69) is 25.9 Å². The smallest absolute Gasteiger partial charge is 0.481 e. The molecule has 2 heterocycles. The minimum atomic E-state index is -1.21. The normalized spacial score (nSPS) is 16.0. The first kappa shape index (κ1) is 50.5. The molecule has 17 heteroatoms. The molecular weight excluding hydrogens is 785 g/mol. The number of unbranched alkanes of at least 4 members (excludes halogenated alkanes) is 1. The van der Waals surface area contributed by atoms with Crippen molar-refractivity contribution in [3.05, 3.63) is 60.2 Å². The molecule has 0 saturated carbocycles. The Morgan fingerprint density at radius 1 is 0.967 bits per heavy atom. The number of rotatable bonds is 29. The van der Waals surface area contributed by atoms with Crippen molar-refractivity contribution in [3.8, 4) is 0 Å². The van der Waals surface area contributed by atoms with Crippen molar-refractivity contribution in [1.29, 1.82) is 0 Å². The van der Waals surface area contributed by atoms with Gasteiger partial charge < -0.3 is 39.9 Å². The average molecular weight is 850 g/mol. The van der Waals surface area contributed by atoms with E-state index in [1.54, 1.807) is 13.8 Å². The van der Waals surface area contributed by atoms with Crippen molar-refractivity contribution < 1.29 is 52.7 Å². The number of nitrogens with one attached hydrogen (secondary N) is 3. The van der Waals surface area contributed by atoms with Crippen LogP contribution in [0.2, 0.25) is 0 Å². The van der Waals surface area contributed by atoms with Crippen LogP contribution in [-0.4, -0.2) is 108 Å². The second-order valence-electron chi connectivity index (χ2n) is 16.9. The molecule has 0 bridgehead atoms. The molecular formula is C44H64BN5O11. The molecule has 1 aromatic heterocycles. The summed E-state index contributed by atoms with van der Waals surface area (Å²) in [6.45, 7) is 11.8. The third-order valence-corrected chi connectivity index (χ3v) is 10.3. The number of amides is 3. The van der Waals surface area contributed by atoms with Gasteiger partial charge in [0.15, 0.2) is 0 Å². The molecule has 5 unspecified atom stereocenters. The quantitative estimate of drug-likeness (QED) is 0.0668. The summed E-state index contributed by atoms with van der Waals surface area (Å²) in [7, 11) is -0.863. The van der Waals surface area contributed by atoms with Gasteiger partial charge in [-0.05, 0) is 50.5 Å². The van der Waals surface area contributed by atoms with Crippen LogP contribution in [0.5, 0.6) is 0 Å². The van der Waals surface area contributed by atoms with Crippen LogP contribution in [0.25, 0.3) is 0 Å². The fraction of sp³-hybridized carbons (Fsp3) is 0.614. The van der Waals surface area contributed by atoms with Gasteiger partial charge in [-0.25, -0.2) is 4.98 Å². The first-order valence-electron chi connectivity index (χ1n) is 21.3. The molecule has 0 spiro atoms.